The number of methoxy groups -OCH3 is 4. The van der Waals surface area contributed by atoms with Crippen molar-refractivity contribution in [1.82, 2.24) is 26.1 Å². The first-order valence-electron chi connectivity index (χ1n) is 37.8. The Morgan fingerprint density at radius 1 is 0.357 bits per heavy atom. The maximum absolute atomic E-state index is 13.5. The molecule has 4 aromatic rings. The summed E-state index contributed by atoms with van der Waals surface area (Å²) in [6.45, 7) is 6.82. The monoisotopic (exact) mass is 1560 g/mol. The molecule has 8 rings (SSSR count). The molecule has 0 aromatic heterocycles. The Morgan fingerprint density at radius 2 is 0.688 bits per heavy atom. The summed E-state index contributed by atoms with van der Waals surface area (Å²) in [5.74, 6) is -5.20. The number of hydrogen-bond donors (Lipinski definition) is 6. The lowest BCUT2D eigenvalue weighted by atomic mass is 9.93. The van der Waals surface area contributed by atoms with Gasteiger partial charge in [0.25, 0.3) is 23.6 Å². The number of amides is 10. The van der Waals surface area contributed by atoms with Gasteiger partial charge in [0.2, 0.25) is 35.4 Å². The van der Waals surface area contributed by atoms with Crippen LogP contribution in [-0.4, -0.2) is 228 Å². The van der Waals surface area contributed by atoms with E-state index in [1.807, 2.05) is 24.3 Å². The fourth-order valence-corrected chi connectivity index (χ4v) is 12.5. The summed E-state index contributed by atoms with van der Waals surface area (Å²) >= 11 is 0. The largest absolute Gasteiger partial charge is 0.533 e. The second-order valence-corrected chi connectivity index (χ2v) is 26.4. The fourth-order valence-electron chi connectivity index (χ4n) is 12.5. The van der Waals surface area contributed by atoms with Gasteiger partial charge in [0.1, 0.15) is 13.2 Å². The van der Waals surface area contributed by atoms with Gasteiger partial charge >= 0.3 is 12.3 Å². The molecule has 112 heavy (non-hydrogen) atoms. The Kier molecular flexibility index (Phi) is 39.2. The number of imide groups is 2. The van der Waals surface area contributed by atoms with Crippen molar-refractivity contribution in [1.29, 1.82) is 0 Å². The van der Waals surface area contributed by atoms with Gasteiger partial charge in [-0.3, -0.25) is 62.4 Å². The van der Waals surface area contributed by atoms with Gasteiger partial charge in [0.05, 0.1) is 19.8 Å². The van der Waals surface area contributed by atoms with Crippen LogP contribution in [0.4, 0.5) is 26.7 Å². The first-order chi connectivity index (χ1) is 54.3. The Labute approximate surface area is 650 Å². The van der Waals surface area contributed by atoms with E-state index in [0.29, 0.717) is 180 Å². The Bertz CT molecular complexity index is 3720. The predicted molar refractivity (Wildman–Crippen MR) is 404 cm³/mol. The molecule has 1 unspecified atom stereocenters. The van der Waals surface area contributed by atoms with Gasteiger partial charge in [-0.25, -0.2) is 9.59 Å². The van der Waals surface area contributed by atoms with Gasteiger partial charge < -0.3 is 79.3 Å². The van der Waals surface area contributed by atoms with E-state index in [4.69, 9.17) is 57.0 Å². The maximum Gasteiger partial charge on any atom is 0.533 e. The van der Waals surface area contributed by atoms with E-state index in [9.17, 15) is 62.3 Å². The molecular formula is C79H104N8O25. The zero-order valence-electron chi connectivity index (χ0n) is 64.1. The third-order valence-corrected chi connectivity index (χ3v) is 17.9. The molecule has 0 bridgehead atoms. The Hall–Kier alpha value is -10.1. The Morgan fingerprint density at radius 3 is 1.06 bits per heavy atom. The van der Waals surface area contributed by atoms with E-state index < -0.39 is 47.8 Å². The van der Waals surface area contributed by atoms with Crippen molar-refractivity contribution in [2.75, 3.05) is 157 Å². The molecule has 10 amide bonds. The van der Waals surface area contributed by atoms with Crippen molar-refractivity contribution in [3.8, 4) is 22.3 Å². The maximum atomic E-state index is 13.5. The van der Waals surface area contributed by atoms with Crippen LogP contribution in [0.2, 0.25) is 0 Å². The number of carbonyl (C=O) groups excluding carboxylic acids is 13. The standard InChI is InChI=1S/C41H55N5O13.C38H49N3O12/c1-54-19-5-21-56-23-17-42-35(47)7-3-9-37(49)44-28-11-13-30-31-14-12-29(45-38(50)10-4-8-36(48)43-18-24-57-22-6-20-55-2)26-33(31)34(32(30)25-28)27-58-41(53)59-46-39(51)15-16-40(46)52;1-48-18-6-21-50-20-5-10-32(42)29-9-3-8-27-31(25-52-38(47)53-41-35(45)15-16-36(41)46)30-24-26(13-14-28(30)37(27)29)40-34(44)12-4-11-33(43)39-17-23-51-22-7-19-49-2/h11-14,25-26,34H,3-10,15-24,27H2,1-2H3,(H,42,47)(H,43,48)(H,44,49)(H,45,50);3,8-9,13-14,24,31H,4-7,10-12,15-23,25H2,1-2H3,(H,39,43)(H,40,44). The first-order valence-corrected chi connectivity index (χ1v) is 37.8. The molecule has 0 saturated carbocycles. The average Bonchev–Trinajstić information content (AvgIpc) is 1.60. The topological polar surface area (TPSA) is 411 Å². The van der Waals surface area contributed by atoms with Crippen molar-refractivity contribution in [3.05, 3.63) is 101 Å². The Balaban J connectivity index is 0.000000313. The second-order valence-electron chi connectivity index (χ2n) is 26.4. The van der Waals surface area contributed by atoms with Crippen LogP contribution in [0.1, 0.15) is 166 Å². The van der Waals surface area contributed by atoms with Crippen molar-refractivity contribution < 1.29 is 119 Å². The number of ether oxygens (including phenoxy) is 10. The number of nitrogens with zero attached hydrogens (tertiary/aromatic N) is 2. The predicted octanol–water partition coefficient (Wildman–Crippen LogP) is 7.88. The summed E-state index contributed by atoms with van der Waals surface area (Å²) in [5.41, 5.74) is 7.83. The number of ketones is 1. The molecule has 4 aliphatic rings. The molecule has 1 atom stereocenters. The number of carbonyl (C=O) groups is 13. The molecule has 6 N–H and O–H groups in total. The number of fused-ring (bicyclic) bond motifs is 6. The number of hydrogen-bond acceptors (Lipinski definition) is 25. The van der Waals surface area contributed by atoms with Crippen molar-refractivity contribution in [2.45, 2.75) is 134 Å². The number of benzene rings is 4. The molecule has 0 radical (unpaired) electrons. The van der Waals surface area contributed by atoms with Crippen LogP contribution in [0, 0.1) is 0 Å². The molecule has 2 aliphatic carbocycles. The third kappa shape index (κ3) is 29.8. The molecule has 2 saturated heterocycles. The molecule has 610 valence electrons. The van der Waals surface area contributed by atoms with E-state index in [-0.39, 0.29) is 125 Å². The molecule has 33 nitrogen and oxygen atoms in total. The lowest BCUT2D eigenvalue weighted by molar-refractivity contribution is -0.177. The summed E-state index contributed by atoms with van der Waals surface area (Å²) in [5, 5.41) is 17.7. The van der Waals surface area contributed by atoms with Crippen LogP contribution >= 0.6 is 0 Å². The zero-order chi connectivity index (χ0) is 80.4. The summed E-state index contributed by atoms with van der Waals surface area (Å²) in [6, 6.07) is 21.3. The highest BCUT2D eigenvalue weighted by Gasteiger charge is 2.38. The molecule has 2 heterocycles. The van der Waals surface area contributed by atoms with E-state index in [2.05, 4.69) is 31.9 Å². The van der Waals surface area contributed by atoms with Gasteiger partial charge in [-0.15, -0.1) is 0 Å². The van der Waals surface area contributed by atoms with Gasteiger partial charge in [-0.05, 0) is 132 Å². The second kappa shape index (κ2) is 49.3. The van der Waals surface area contributed by atoms with E-state index in [1.165, 1.54) is 0 Å². The van der Waals surface area contributed by atoms with E-state index in [0.717, 1.165) is 47.9 Å². The van der Waals surface area contributed by atoms with Crippen LogP contribution in [0.25, 0.3) is 22.3 Å². The van der Waals surface area contributed by atoms with Crippen LogP contribution in [0.3, 0.4) is 0 Å². The minimum absolute atomic E-state index is 0.0562. The fraction of sp³-hybridized carbons (Fsp3) is 0.532. The third-order valence-electron chi connectivity index (χ3n) is 17.9. The number of Topliss-reactive ketones (excluding diaryl/α,β-unsaturated/α-hetero) is 1. The minimum Gasteiger partial charge on any atom is -0.432 e. The highest BCUT2D eigenvalue weighted by molar-refractivity contribution is 6.06. The summed E-state index contributed by atoms with van der Waals surface area (Å²) < 4.78 is 52.7. The van der Waals surface area contributed by atoms with Crippen LogP contribution in [0.15, 0.2) is 72.8 Å². The average molecular weight is 1570 g/mol. The molecule has 2 aliphatic heterocycles. The van der Waals surface area contributed by atoms with Crippen LogP contribution < -0.4 is 31.9 Å². The minimum atomic E-state index is -1.24. The summed E-state index contributed by atoms with van der Waals surface area (Å²) in [6.07, 6.45) is 2.98. The van der Waals surface area contributed by atoms with Gasteiger partial charge in [-0.2, -0.15) is 0 Å². The lowest BCUT2D eigenvalue weighted by Gasteiger charge is -2.17. The molecule has 33 heteroatoms. The molecule has 0 spiro atoms. The highest BCUT2D eigenvalue weighted by atomic mass is 16.8. The van der Waals surface area contributed by atoms with Crippen molar-refractivity contribution in [3.63, 3.8) is 0 Å². The summed E-state index contributed by atoms with van der Waals surface area (Å²) in [7, 11) is 6.50. The summed E-state index contributed by atoms with van der Waals surface area (Å²) in [4.78, 5) is 172. The smallest absolute Gasteiger partial charge is 0.432 e. The van der Waals surface area contributed by atoms with Gasteiger partial charge in [0.15, 0.2) is 5.78 Å². The van der Waals surface area contributed by atoms with Crippen LogP contribution in [-0.2, 0) is 105 Å². The SMILES string of the molecule is COCCCOCCCC(=O)c1cccc2c1-c1ccc(NC(=O)CCCC(=O)NCCOCCCOC)cc1C2COC(=O)ON1C(=O)CCC1=O.COCCCOCCNC(=O)CCCC(=O)Nc1ccc2c(c1)C(COC(=O)ON1C(=O)CCC1=O)c1cc(NC(=O)CCCC(=O)NCCOCCCOC)ccc1-2. The number of rotatable bonds is 51. The molecule has 4 aromatic carbocycles. The van der Waals surface area contributed by atoms with Crippen LogP contribution in [0.5, 0.6) is 0 Å². The van der Waals surface area contributed by atoms with Crippen molar-refractivity contribution in [2.24, 2.45) is 0 Å². The number of nitrogens with one attached hydrogen (secondary N) is 6. The van der Waals surface area contributed by atoms with Crippen molar-refractivity contribution >= 4 is 94.2 Å². The highest BCUT2D eigenvalue weighted by Crippen LogP contribution is 2.49. The zero-order valence-corrected chi connectivity index (χ0v) is 64.1. The lowest BCUT2D eigenvalue weighted by Crippen LogP contribution is -2.32. The molecule has 2 fully saturated rings. The van der Waals surface area contributed by atoms with E-state index in [1.54, 1.807) is 77.0 Å². The first kappa shape index (κ1) is 89.1. The van der Waals surface area contributed by atoms with E-state index >= 15 is 0 Å². The van der Waals surface area contributed by atoms with Gasteiger partial charge in [-0.1, -0.05) is 46.5 Å². The van der Waals surface area contributed by atoms with Gasteiger partial charge in [0, 0.05) is 213 Å². The quantitative estimate of drug-likeness (QED) is 0.0106. The normalized spacial score (nSPS) is 13.8. The molecular weight excluding hydrogens is 1460 g/mol. The number of anilines is 3. The number of hydroxylamine groups is 4.